The minimum atomic E-state index is -5.92. The number of carbonyl (C=O) groups excluding carboxylic acids is 2. The fourth-order valence-electron chi connectivity index (χ4n) is 6.49. The second-order valence-corrected chi connectivity index (χ2v) is 15.7. The second kappa shape index (κ2) is 15.4. The summed E-state index contributed by atoms with van der Waals surface area (Å²) in [5.41, 5.74) is -4.37. The van der Waals surface area contributed by atoms with Gasteiger partial charge in [-0.1, -0.05) is 0 Å². The van der Waals surface area contributed by atoms with E-state index in [2.05, 4.69) is 4.18 Å². The SMILES string of the molecule is COCCCOc1cc(CN(C(=O)[C@H]2CN(C(=O)OC(C)(C)C)CC[C@@H]2c2cn(C)c3ccc(OS(=O)(=O)C(F)(F)F)cc23)C2CC2)cc(OC)c1. The van der Waals surface area contributed by atoms with E-state index in [0.29, 0.717) is 54.0 Å². The number of aryl methyl sites for hydroxylation is 1. The second-order valence-electron chi connectivity index (χ2n) is 14.2. The van der Waals surface area contributed by atoms with Crippen LogP contribution in [0.15, 0.2) is 42.6 Å². The molecule has 3 aromatic rings. The predicted octanol–water partition coefficient (Wildman–Crippen LogP) is 6.36. The van der Waals surface area contributed by atoms with Gasteiger partial charge >= 0.3 is 21.7 Å². The number of ether oxygens (including phenoxy) is 4. The molecule has 0 N–H and O–H groups in total. The van der Waals surface area contributed by atoms with Crippen LogP contribution in [-0.4, -0.2) is 92.5 Å². The summed E-state index contributed by atoms with van der Waals surface area (Å²) in [4.78, 5) is 31.5. The van der Waals surface area contributed by atoms with Crippen LogP contribution in [0.1, 0.15) is 63.5 Å². The van der Waals surface area contributed by atoms with E-state index in [0.717, 1.165) is 24.5 Å². The van der Waals surface area contributed by atoms with Gasteiger partial charge in [-0.15, -0.1) is 0 Å². The van der Waals surface area contributed by atoms with E-state index in [9.17, 15) is 31.2 Å². The van der Waals surface area contributed by atoms with Crippen molar-refractivity contribution in [3.8, 4) is 17.2 Å². The molecule has 5 rings (SSSR count). The van der Waals surface area contributed by atoms with Crippen LogP contribution < -0.4 is 13.7 Å². The van der Waals surface area contributed by atoms with Crippen molar-refractivity contribution in [1.82, 2.24) is 14.4 Å². The number of piperidine rings is 1. The van der Waals surface area contributed by atoms with E-state index in [-0.39, 0.29) is 31.6 Å². The summed E-state index contributed by atoms with van der Waals surface area (Å²) in [6, 6.07) is 9.32. The molecule has 0 radical (unpaired) electrons. The average molecular weight is 754 g/mol. The first-order valence-corrected chi connectivity index (χ1v) is 18.5. The fourth-order valence-corrected chi connectivity index (χ4v) is 6.94. The molecular formula is C36H46F3N3O9S. The minimum absolute atomic E-state index is 0.0304. The van der Waals surface area contributed by atoms with Gasteiger partial charge in [0.15, 0.2) is 0 Å². The van der Waals surface area contributed by atoms with Crippen LogP contribution in [0, 0.1) is 5.92 Å². The van der Waals surface area contributed by atoms with Gasteiger partial charge in [0.05, 0.1) is 19.6 Å². The number of nitrogens with zero attached hydrogens (tertiary/aromatic N) is 3. The van der Waals surface area contributed by atoms with E-state index in [1.54, 1.807) is 58.9 Å². The van der Waals surface area contributed by atoms with Crippen LogP contribution in [0.4, 0.5) is 18.0 Å². The number of carbonyl (C=O) groups is 2. The van der Waals surface area contributed by atoms with Crippen LogP contribution in [0.5, 0.6) is 17.2 Å². The monoisotopic (exact) mass is 753 g/mol. The number of amides is 2. The summed E-state index contributed by atoms with van der Waals surface area (Å²) in [6.07, 6.45) is 3.84. The molecule has 2 atom stereocenters. The summed E-state index contributed by atoms with van der Waals surface area (Å²) < 4.78 is 91.7. The van der Waals surface area contributed by atoms with Crippen molar-refractivity contribution < 1.29 is 54.3 Å². The smallest absolute Gasteiger partial charge is 0.497 e. The van der Waals surface area contributed by atoms with Gasteiger partial charge < -0.3 is 37.5 Å². The van der Waals surface area contributed by atoms with E-state index >= 15 is 0 Å². The number of aromatic nitrogens is 1. The lowest BCUT2D eigenvalue weighted by Gasteiger charge is -2.40. The molecular weight excluding hydrogens is 707 g/mol. The van der Waals surface area contributed by atoms with E-state index in [1.807, 2.05) is 17.0 Å². The molecule has 0 bridgehead atoms. The highest BCUT2D eigenvalue weighted by Crippen LogP contribution is 2.42. The van der Waals surface area contributed by atoms with Crippen molar-refractivity contribution in [2.24, 2.45) is 13.0 Å². The zero-order chi connectivity index (χ0) is 38.0. The molecule has 1 aliphatic carbocycles. The van der Waals surface area contributed by atoms with Crippen molar-refractivity contribution in [3.63, 3.8) is 0 Å². The number of rotatable bonds is 13. The lowest BCUT2D eigenvalue weighted by atomic mass is 9.79. The Hall–Kier alpha value is -4.18. The van der Waals surface area contributed by atoms with Crippen molar-refractivity contribution in [1.29, 1.82) is 0 Å². The van der Waals surface area contributed by atoms with Crippen LogP contribution >= 0.6 is 0 Å². The molecule has 286 valence electrons. The highest BCUT2D eigenvalue weighted by molar-refractivity contribution is 7.88. The Kier molecular flexibility index (Phi) is 11.6. The Labute approximate surface area is 301 Å². The standard InChI is InChI=1S/C36H46F3N3O9S/c1-35(2,3)50-34(44)41-13-12-28(30-21-40(4)32-11-10-25(19-29(30)32)51-52(45,46)36(37,38)39)31(22-41)33(43)42(24-8-9-24)20-23-16-26(48-6)18-27(17-23)49-15-7-14-47-5/h10-11,16-19,21,24,28,31H,7-9,12-15,20,22H2,1-6H3/t28-,31+/m1/s1. The van der Waals surface area contributed by atoms with E-state index < -0.39 is 44.9 Å². The number of methoxy groups -OCH3 is 2. The van der Waals surface area contributed by atoms with Gasteiger partial charge in [-0.2, -0.15) is 21.6 Å². The van der Waals surface area contributed by atoms with Crippen LogP contribution in [0.2, 0.25) is 0 Å². The number of benzene rings is 2. The number of halogens is 3. The predicted molar refractivity (Wildman–Crippen MR) is 186 cm³/mol. The molecule has 2 aliphatic rings. The first-order valence-electron chi connectivity index (χ1n) is 17.1. The minimum Gasteiger partial charge on any atom is -0.497 e. The highest BCUT2D eigenvalue weighted by Gasteiger charge is 2.49. The Morgan fingerprint density at radius 2 is 1.67 bits per heavy atom. The molecule has 1 saturated carbocycles. The Morgan fingerprint density at radius 1 is 0.962 bits per heavy atom. The first kappa shape index (κ1) is 39.0. The van der Waals surface area contributed by atoms with Crippen LogP contribution in [0.3, 0.4) is 0 Å². The summed E-state index contributed by atoms with van der Waals surface area (Å²) >= 11 is 0. The largest absolute Gasteiger partial charge is 0.534 e. The molecule has 1 saturated heterocycles. The molecule has 1 aromatic heterocycles. The lowest BCUT2D eigenvalue weighted by Crippen LogP contribution is -2.51. The van der Waals surface area contributed by atoms with Crippen LogP contribution in [0.25, 0.3) is 10.9 Å². The molecule has 2 heterocycles. The Morgan fingerprint density at radius 3 is 2.31 bits per heavy atom. The molecule has 52 heavy (non-hydrogen) atoms. The van der Waals surface area contributed by atoms with Gasteiger partial charge in [0.2, 0.25) is 5.91 Å². The lowest BCUT2D eigenvalue weighted by molar-refractivity contribution is -0.139. The number of likely N-dealkylation sites (tertiary alicyclic amines) is 1. The zero-order valence-electron chi connectivity index (χ0n) is 30.2. The normalized spacial score (nSPS) is 18.3. The maximum Gasteiger partial charge on any atom is 0.534 e. The highest BCUT2D eigenvalue weighted by atomic mass is 32.2. The van der Waals surface area contributed by atoms with Gasteiger partial charge in [0, 0.05) is 81.9 Å². The Balaban J connectivity index is 1.51. The van der Waals surface area contributed by atoms with Crippen molar-refractivity contribution in [2.45, 2.75) is 76.1 Å². The maximum absolute atomic E-state index is 14.8. The number of hydrogen-bond acceptors (Lipinski definition) is 9. The maximum atomic E-state index is 14.8. The molecule has 0 unspecified atom stereocenters. The van der Waals surface area contributed by atoms with E-state index in [4.69, 9.17) is 18.9 Å². The van der Waals surface area contributed by atoms with Gasteiger partial charge in [-0.25, -0.2) is 4.79 Å². The third-order valence-electron chi connectivity index (χ3n) is 9.02. The summed E-state index contributed by atoms with van der Waals surface area (Å²) in [5.74, 6) is -0.821. The van der Waals surface area contributed by atoms with Gasteiger partial charge in [-0.05, 0) is 81.5 Å². The molecule has 12 nitrogen and oxygen atoms in total. The zero-order valence-corrected chi connectivity index (χ0v) is 31.0. The van der Waals surface area contributed by atoms with Crippen molar-refractivity contribution >= 4 is 33.0 Å². The van der Waals surface area contributed by atoms with Crippen molar-refractivity contribution in [2.75, 3.05) is 40.5 Å². The summed E-state index contributed by atoms with van der Waals surface area (Å²) in [6.45, 7) is 6.77. The van der Waals surface area contributed by atoms with E-state index in [1.165, 1.54) is 17.0 Å². The number of alkyl halides is 3. The summed E-state index contributed by atoms with van der Waals surface area (Å²) in [5, 5.41) is 0.437. The molecule has 0 spiro atoms. The molecule has 2 aromatic carbocycles. The van der Waals surface area contributed by atoms with Crippen molar-refractivity contribution in [3.05, 3.63) is 53.7 Å². The third kappa shape index (κ3) is 9.24. The average Bonchev–Trinajstić information content (AvgIpc) is 3.86. The van der Waals surface area contributed by atoms with Gasteiger partial charge in [0.1, 0.15) is 22.8 Å². The van der Waals surface area contributed by atoms with Gasteiger partial charge in [-0.3, -0.25) is 4.79 Å². The molecule has 16 heteroatoms. The molecule has 2 amide bonds. The number of fused-ring (bicyclic) bond motifs is 1. The molecule has 1 aliphatic heterocycles. The first-order chi connectivity index (χ1) is 24.4. The van der Waals surface area contributed by atoms with Gasteiger partial charge in [0.25, 0.3) is 0 Å². The molecule has 2 fully saturated rings. The quantitative estimate of drug-likeness (QED) is 0.111. The fraction of sp³-hybridized carbons (Fsp3) is 0.556. The summed E-state index contributed by atoms with van der Waals surface area (Å²) in [7, 11) is -0.996. The third-order valence-corrected chi connectivity index (χ3v) is 10.0. The Bertz CT molecular complexity index is 1870. The van der Waals surface area contributed by atoms with Crippen LogP contribution in [-0.2, 0) is 38.0 Å². The number of hydrogen-bond donors (Lipinski definition) is 0. The topological polar surface area (TPSA) is 126 Å².